The highest BCUT2D eigenvalue weighted by molar-refractivity contribution is 5.96. The van der Waals surface area contributed by atoms with Crippen molar-refractivity contribution in [3.05, 3.63) is 24.1 Å². The smallest absolute Gasteiger partial charge is 0.410 e. The first-order chi connectivity index (χ1) is 9.78. The molecular weight excluding hydrogens is 277 g/mol. The molecule has 0 radical (unpaired) electrons. The van der Waals surface area contributed by atoms with Crippen molar-refractivity contribution in [2.24, 2.45) is 0 Å². The van der Waals surface area contributed by atoms with E-state index in [1.165, 1.54) is 28.1 Å². The summed E-state index contributed by atoms with van der Waals surface area (Å²) in [7, 11) is 0. The molecule has 1 aromatic rings. The second-order valence-electron chi connectivity index (χ2n) is 5.76. The molecule has 114 valence electrons. The topological polar surface area (TPSA) is 62.7 Å². The zero-order valence-electron chi connectivity index (χ0n) is 12.3. The van der Waals surface area contributed by atoms with E-state index in [9.17, 15) is 14.0 Å². The molecule has 2 rings (SSSR count). The molecule has 0 atom stereocenters. The Balaban J connectivity index is 2.05. The second kappa shape index (κ2) is 5.67. The number of hydrogen-bond acceptors (Lipinski definition) is 4. The van der Waals surface area contributed by atoms with Gasteiger partial charge in [0.05, 0.1) is 0 Å². The third-order valence-electron chi connectivity index (χ3n) is 2.87. The average molecular weight is 295 g/mol. The minimum atomic E-state index is -0.621. The molecule has 21 heavy (non-hydrogen) atoms. The summed E-state index contributed by atoms with van der Waals surface area (Å²) >= 11 is 0. The third kappa shape index (κ3) is 3.68. The highest BCUT2D eigenvalue weighted by Crippen LogP contribution is 2.19. The van der Waals surface area contributed by atoms with E-state index in [1.54, 1.807) is 20.8 Å². The van der Waals surface area contributed by atoms with Crippen LogP contribution in [0, 0.1) is 5.82 Å². The number of hydrogen-bond donors (Lipinski definition) is 0. The van der Waals surface area contributed by atoms with Gasteiger partial charge in [-0.15, -0.1) is 0 Å². The number of carbonyl (C=O) groups excluding carboxylic acids is 2. The highest BCUT2D eigenvalue weighted by atomic mass is 19.1. The Kier molecular flexibility index (Phi) is 4.11. The van der Waals surface area contributed by atoms with Gasteiger partial charge in [0.25, 0.3) is 0 Å². The summed E-state index contributed by atoms with van der Waals surface area (Å²) in [6.45, 7) is 5.58. The highest BCUT2D eigenvalue weighted by Gasteiger charge is 2.32. The van der Waals surface area contributed by atoms with E-state index in [-0.39, 0.29) is 31.4 Å². The van der Waals surface area contributed by atoms with Gasteiger partial charge in [-0.3, -0.25) is 14.6 Å². The summed E-state index contributed by atoms with van der Waals surface area (Å²) in [5.41, 5.74) is -0.621. The molecule has 1 fully saturated rings. The lowest BCUT2D eigenvalue weighted by atomic mass is 10.2. The molecule has 1 aliphatic rings. The fraction of sp³-hybridized carbons (Fsp3) is 0.500. The summed E-state index contributed by atoms with van der Waals surface area (Å²) < 4.78 is 18.9. The van der Waals surface area contributed by atoms with Crippen LogP contribution in [0.4, 0.5) is 15.0 Å². The summed E-state index contributed by atoms with van der Waals surface area (Å²) in [4.78, 5) is 30.4. The molecular formula is C14H18FN3O3. The number of piperazine rings is 1. The van der Waals surface area contributed by atoms with E-state index in [0.717, 1.165) is 0 Å². The van der Waals surface area contributed by atoms with Crippen LogP contribution in [0.15, 0.2) is 18.3 Å². The number of rotatable bonds is 1. The second-order valence-corrected chi connectivity index (χ2v) is 5.76. The van der Waals surface area contributed by atoms with Crippen LogP contribution in [0.2, 0.25) is 0 Å². The zero-order valence-corrected chi connectivity index (χ0v) is 12.3. The van der Waals surface area contributed by atoms with Gasteiger partial charge in [0.2, 0.25) is 5.91 Å². The molecule has 7 heteroatoms. The van der Waals surface area contributed by atoms with Crippen molar-refractivity contribution in [2.75, 3.05) is 24.5 Å². The predicted molar refractivity (Wildman–Crippen MR) is 74.4 cm³/mol. The summed E-state index contributed by atoms with van der Waals surface area (Å²) in [6.07, 6.45) is 0.878. The third-order valence-corrected chi connectivity index (χ3v) is 2.87. The van der Waals surface area contributed by atoms with E-state index >= 15 is 0 Å². The standard InChI is InChI=1S/C14H18FN3O3/c1-14(2,3)21-13(20)17-7-8-18(11(19)9-17)12-10(15)5-4-6-16-12/h4-6H,7-9H2,1-3H3. The van der Waals surface area contributed by atoms with Gasteiger partial charge in [-0.1, -0.05) is 0 Å². The van der Waals surface area contributed by atoms with Crippen molar-refractivity contribution in [3.8, 4) is 0 Å². The van der Waals surface area contributed by atoms with Crippen LogP contribution in [0.3, 0.4) is 0 Å². The van der Waals surface area contributed by atoms with Crippen LogP contribution in [0.25, 0.3) is 0 Å². The van der Waals surface area contributed by atoms with Crippen LogP contribution in [-0.2, 0) is 9.53 Å². The van der Waals surface area contributed by atoms with Crippen LogP contribution in [0.1, 0.15) is 20.8 Å². The average Bonchev–Trinajstić information content (AvgIpc) is 2.38. The minimum Gasteiger partial charge on any atom is -0.444 e. The lowest BCUT2D eigenvalue weighted by Gasteiger charge is -2.34. The Bertz CT molecular complexity index is 557. The molecule has 1 saturated heterocycles. The number of nitrogens with zero attached hydrogens (tertiary/aromatic N) is 3. The van der Waals surface area contributed by atoms with Crippen LogP contribution < -0.4 is 4.90 Å². The van der Waals surface area contributed by atoms with E-state index < -0.39 is 17.5 Å². The Labute approximate surface area is 122 Å². The van der Waals surface area contributed by atoms with Gasteiger partial charge in [0.1, 0.15) is 12.1 Å². The van der Waals surface area contributed by atoms with E-state index in [2.05, 4.69) is 4.98 Å². The SMILES string of the molecule is CC(C)(C)OC(=O)N1CCN(c2ncccc2F)C(=O)C1. The number of halogens is 1. The Hall–Kier alpha value is -2.18. The van der Waals surface area contributed by atoms with Crippen LogP contribution in [-0.4, -0.2) is 47.1 Å². The van der Waals surface area contributed by atoms with Crippen molar-refractivity contribution >= 4 is 17.8 Å². The van der Waals surface area contributed by atoms with Crippen molar-refractivity contribution in [2.45, 2.75) is 26.4 Å². The fourth-order valence-electron chi connectivity index (χ4n) is 1.96. The number of anilines is 1. The van der Waals surface area contributed by atoms with E-state index in [0.29, 0.717) is 0 Å². The molecule has 0 saturated carbocycles. The summed E-state index contributed by atoms with van der Waals surface area (Å²) in [5, 5.41) is 0. The molecule has 0 aliphatic carbocycles. The molecule has 0 aromatic carbocycles. The lowest BCUT2D eigenvalue weighted by Crippen LogP contribution is -2.53. The number of ether oxygens (including phenoxy) is 1. The molecule has 0 unspecified atom stereocenters. The van der Waals surface area contributed by atoms with Crippen molar-refractivity contribution in [3.63, 3.8) is 0 Å². The predicted octanol–water partition coefficient (Wildman–Crippen LogP) is 1.80. The summed E-state index contributed by atoms with van der Waals surface area (Å²) in [5.74, 6) is -0.951. The van der Waals surface area contributed by atoms with Gasteiger partial charge < -0.3 is 4.74 Å². The molecule has 0 N–H and O–H groups in total. The number of pyridine rings is 1. The van der Waals surface area contributed by atoms with Gasteiger partial charge in [0.15, 0.2) is 11.6 Å². The van der Waals surface area contributed by atoms with Crippen molar-refractivity contribution in [1.29, 1.82) is 0 Å². The number of aromatic nitrogens is 1. The van der Waals surface area contributed by atoms with Gasteiger partial charge >= 0.3 is 6.09 Å². The first-order valence-electron chi connectivity index (χ1n) is 6.67. The van der Waals surface area contributed by atoms with Crippen LogP contribution >= 0.6 is 0 Å². The minimum absolute atomic E-state index is 0.00802. The zero-order chi connectivity index (χ0) is 15.6. The van der Waals surface area contributed by atoms with Crippen LogP contribution in [0.5, 0.6) is 0 Å². The molecule has 6 nitrogen and oxygen atoms in total. The quantitative estimate of drug-likeness (QED) is 0.792. The Morgan fingerprint density at radius 2 is 2.10 bits per heavy atom. The summed E-state index contributed by atoms with van der Waals surface area (Å²) in [6, 6.07) is 2.70. The van der Waals surface area contributed by atoms with E-state index in [1.807, 2.05) is 0 Å². The first-order valence-corrected chi connectivity index (χ1v) is 6.67. The normalized spacial score (nSPS) is 16.1. The number of amides is 2. The molecule has 1 aliphatic heterocycles. The van der Waals surface area contributed by atoms with E-state index in [4.69, 9.17) is 4.74 Å². The maximum Gasteiger partial charge on any atom is 0.410 e. The molecule has 0 bridgehead atoms. The lowest BCUT2D eigenvalue weighted by molar-refractivity contribution is -0.121. The molecule has 2 amide bonds. The largest absolute Gasteiger partial charge is 0.444 e. The first kappa shape index (κ1) is 15.2. The fourth-order valence-corrected chi connectivity index (χ4v) is 1.96. The van der Waals surface area contributed by atoms with Gasteiger partial charge in [-0.05, 0) is 32.9 Å². The molecule has 0 spiro atoms. The van der Waals surface area contributed by atoms with Gasteiger partial charge in [-0.2, -0.15) is 0 Å². The molecule has 2 heterocycles. The van der Waals surface area contributed by atoms with Gasteiger partial charge in [0, 0.05) is 19.3 Å². The number of carbonyl (C=O) groups is 2. The maximum atomic E-state index is 13.7. The maximum absolute atomic E-state index is 13.7. The van der Waals surface area contributed by atoms with Crippen molar-refractivity contribution in [1.82, 2.24) is 9.88 Å². The molecule has 1 aromatic heterocycles. The monoisotopic (exact) mass is 295 g/mol. The Morgan fingerprint density at radius 1 is 1.38 bits per heavy atom. The van der Waals surface area contributed by atoms with Crippen molar-refractivity contribution < 1.29 is 18.7 Å². The van der Waals surface area contributed by atoms with Gasteiger partial charge in [-0.25, -0.2) is 14.2 Å². The Morgan fingerprint density at radius 3 is 2.67 bits per heavy atom.